The van der Waals surface area contributed by atoms with Crippen LogP contribution in [0.3, 0.4) is 0 Å². The molecule has 2 N–H and O–H groups in total. The minimum atomic E-state index is -0.159. The van der Waals surface area contributed by atoms with Gasteiger partial charge in [0.1, 0.15) is 5.75 Å². The summed E-state index contributed by atoms with van der Waals surface area (Å²) >= 11 is 0. The van der Waals surface area contributed by atoms with Gasteiger partial charge in [0, 0.05) is 5.56 Å². The van der Waals surface area contributed by atoms with Crippen molar-refractivity contribution < 1.29 is 9.53 Å². The van der Waals surface area contributed by atoms with E-state index in [0.29, 0.717) is 5.56 Å². The molecule has 0 aliphatic carbocycles. The predicted octanol–water partition coefficient (Wildman–Crippen LogP) is 3.88. The lowest BCUT2D eigenvalue weighted by molar-refractivity contribution is 0.0940. The number of carbonyl (C=O) groups is 1. The van der Waals surface area contributed by atoms with Crippen molar-refractivity contribution in [3.05, 3.63) is 71.4 Å². The molecule has 0 radical (unpaired) electrons. The van der Waals surface area contributed by atoms with Crippen LogP contribution in [0.1, 0.15) is 34.5 Å². The lowest BCUT2D eigenvalue weighted by Gasteiger charge is -2.15. The van der Waals surface area contributed by atoms with Gasteiger partial charge >= 0.3 is 0 Å². The molecule has 128 valence electrons. The van der Waals surface area contributed by atoms with Crippen molar-refractivity contribution in [3.8, 4) is 17.0 Å². The SMILES string of the molecule is COc1ccc([C@H](C)NC(=O)c2cn[nH]c2-c2cccc(C)c2)cc1. The molecule has 0 fully saturated rings. The Kier molecular flexibility index (Phi) is 4.84. The fraction of sp³-hybridized carbons (Fsp3) is 0.200. The summed E-state index contributed by atoms with van der Waals surface area (Å²) in [6.07, 6.45) is 1.56. The highest BCUT2D eigenvalue weighted by Gasteiger charge is 2.18. The summed E-state index contributed by atoms with van der Waals surface area (Å²) in [6.45, 7) is 3.97. The second-order valence-corrected chi connectivity index (χ2v) is 6.00. The van der Waals surface area contributed by atoms with Gasteiger partial charge in [-0.3, -0.25) is 9.89 Å². The van der Waals surface area contributed by atoms with E-state index in [1.54, 1.807) is 13.3 Å². The number of hydrogen-bond donors (Lipinski definition) is 2. The number of carbonyl (C=O) groups excluding carboxylic acids is 1. The minimum absolute atomic E-state index is 0.126. The molecule has 1 heterocycles. The number of aromatic amines is 1. The van der Waals surface area contributed by atoms with E-state index in [2.05, 4.69) is 15.5 Å². The van der Waals surface area contributed by atoms with Crippen molar-refractivity contribution in [2.75, 3.05) is 7.11 Å². The Morgan fingerprint density at radius 1 is 1.20 bits per heavy atom. The molecule has 2 aromatic carbocycles. The predicted molar refractivity (Wildman–Crippen MR) is 97.6 cm³/mol. The van der Waals surface area contributed by atoms with Gasteiger partial charge in [0.05, 0.1) is 30.6 Å². The van der Waals surface area contributed by atoms with E-state index in [1.807, 2.05) is 62.4 Å². The van der Waals surface area contributed by atoms with Gasteiger partial charge in [-0.25, -0.2) is 0 Å². The Morgan fingerprint density at radius 3 is 2.64 bits per heavy atom. The van der Waals surface area contributed by atoms with E-state index in [-0.39, 0.29) is 11.9 Å². The fourth-order valence-corrected chi connectivity index (χ4v) is 2.73. The van der Waals surface area contributed by atoms with Crippen LogP contribution in [0.15, 0.2) is 54.7 Å². The summed E-state index contributed by atoms with van der Waals surface area (Å²) in [5.74, 6) is 0.632. The van der Waals surface area contributed by atoms with Crippen LogP contribution in [0.4, 0.5) is 0 Å². The highest BCUT2D eigenvalue weighted by atomic mass is 16.5. The summed E-state index contributed by atoms with van der Waals surface area (Å²) < 4.78 is 5.16. The standard InChI is InChI=1S/C20H21N3O2/c1-13-5-4-6-16(11-13)19-18(12-21-23-19)20(24)22-14(2)15-7-9-17(25-3)10-8-15/h4-12,14H,1-3H3,(H,21,23)(H,22,24)/t14-/m0/s1. The van der Waals surface area contributed by atoms with E-state index in [9.17, 15) is 4.79 Å². The number of aryl methyl sites for hydroxylation is 1. The highest BCUT2D eigenvalue weighted by Crippen LogP contribution is 2.23. The molecule has 0 saturated heterocycles. The van der Waals surface area contributed by atoms with E-state index >= 15 is 0 Å². The minimum Gasteiger partial charge on any atom is -0.497 e. The normalized spacial score (nSPS) is 11.8. The van der Waals surface area contributed by atoms with Crippen LogP contribution in [-0.4, -0.2) is 23.2 Å². The quantitative estimate of drug-likeness (QED) is 0.743. The molecule has 0 saturated carbocycles. The smallest absolute Gasteiger partial charge is 0.255 e. The number of amides is 1. The van der Waals surface area contributed by atoms with Crippen LogP contribution in [0, 0.1) is 6.92 Å². The van der Waals surface area contributed by atoms with Crippen molar-refractivity contribution in [2.45, 2.75) is 19.9 Å². The number of nitrogens with one attached hydrogen (secondary N) is 2. The zero-order valence-corrected chi connectivity index (χ0v) is 14.5. The van der Waals surface area contributed by atoms with Crippen LogP contribution in [0.2, 0.25) is 0 Å². The Bertz CT molecular complexity index is 869. The molecule has 1 amide bonds. The number of aromatic nitrogens is 2. The molecular formula is C20H21N3O2. The molecule has 5 heteroatoms. The number of ether oxygens (including phenoxy) is 1. The number of methoxy groups -OCH3 is 1. The molecule has 1 aromatic heterocycles. The van der Waals surface area contributed by atoms with Crippen molar-refractivity contribution in [3.63, 3.8) is 0 Å². The third-order valence-corrected chi connectivity index (χ3v) is 4.15. The van der Waals surface area contributed by atoms with Gasteiger partial charge in [-0.1, -0.05) is 35.9 Å². The first-order chi connectivity index (χ1) is 12.1. The average molecular weight is 335 g/mol. The second-order valence-electron chi connectivity index (χ2n) is 6.00. The fourth-order valence-electron chi connectivity index (χ4n) is 2.73. The van der Waals surface area contributed by atoms with Crippen LogP contribution < -0.4 is 10.1 Å². The van der Waals surface area contributed by atoms with E-state index in [0.717, 1.165) is 28.1 Å². The molecule has 0 unspecified atom stereocenters. The first-order valence-electron chi connectivity index (χ1n) is 8.13. The van der Waals surface area contributed by atoms with E-state index in [4.69, 9.17) is 4.74 Å². The summed E-state index contributed by atoms with van der Waals surface area (Å²) in [5, 5.41) is 10.0. The van der Waals surface area contributed by atoms with Gasteiger partial charge in [0.25, 0.3) is 5.91 Å². The third kappa shape index (κ3) is 3.71. The molecule has 0 aliphatic rings. The lowest BCUT2D eigenvalue weighted by atomic mass is 10.0. The number of nitrogens with zero attached hydrogens (tertiary/aromatic N) is 1. The Balaban J connectivity index is 1.78. The molecule has 25 heavy (non-hydrogen) atoms. The van der Waals surface area contributed by atoms with Crippen molar-refractivity contribution in [2.24, 2.45) is 0 Å². The van der Waals surface area contributed by atoms with Gasteiger partial charge in [-0.05, 0) is 37.6 Å². The second kappa shape index (κ2) is 7.21. The van der Waals surface area contributed by atoms with Gasteiger partial charge < -0.3 is 10.1 Å². The van der Waals surface area contributed by atoms with Crippen LogP contribution in [-0.2, 0) is 0 Å². The van der Waals surface area contributed by atoms with Gasteiger partial charge in [0.2, 0.25) is 0 Å². The Morgan fingerprint density at radius 2 is 1.96 bits per heavy atom. The summed E-state index contributed by atoms with van der Waals surface area (Å²) in [7, 11) is 1.63. The molecule has 1 atom stereocenters. The highest BCUT2D eigenvalue weighted by molar-refractivity contribution is 5.99. The van der Waals surface area contributed by atoms with Gasteiger partial charge in [-0.15, -0.1) is 0 Å². The maximum Gasteiger partial charge on any atom is 0.255 e. The lowest BCUT2D eigenvalue weighted by Crippen LogP contribution is -2.26. The van der Waals surface area contributed by atoms with Crippen LogP contribution in [0.25, 0.3) is 11.3 Å². The number of rotatable bonds is 5. The molecule has 0 spiro atoms. The summed E-state index contributed by atoms with van der Waals surface area (Å²) in [5.41, 5.74) is 4.34. The van der Waals surface area contributed by atoms with Crippen molar-refractivity contribution >= 4 is 5.91 Å². The van der Waals surface area contributed by atoms with Crippen LogP contribution in [0.5, 0.6) is 5.75 Å². The number of hydrogen-bond acceptors (Lipinski definition) is 3. The Hall–Kier alpha value is -3.08. The van der Waals surface area contributed by atoms with Crippen LogP contribution >= 0.6 is 0 Å². The molecule has 0 aliphatic heterocycles. The Labute approximate surface area is 147 Å². The molecule has 5 nitrogen and oxygen atoms in total. The monoisotopic (exact) mass is 335 g/mol. The van der Waals surface area contributed by atoms with Gasteiger partial charge in [-0.2, -0.15) is 5.10 Å². The zero-order valence-electron chi connectivity index (χ0n) is 14.5. The summed E-state index contributed by atoms with van der Waals surface area (Å²) in [4.78, 5) is 12.7. The summed E-state index contributed by atoms with van der Waals surface area (Å²) in [6, 6.07) is 15.5. The number of benzene rings is 2. The molecule has 0 bridgehead atoms. The van der Waals surface area contributed by atoms with E-state index < -0.39 is 0 Å². The number of H-pyrrole nitrogens is 1. The van der Waals surface area contributed by atoms with Gasteiger partial charge in [0.15, 0.2) is 0 Å². The maximum absolute atomic E-state index is 12.7. The van der Waals surface area contributed by atoms with Crippen molar-refractivity contribution in [1.29, 1.82) is 0 Å². The van der Waals surface area contributed by atoms with Crippen molar-refractivity contribution in [1.82, 2.24) is 15.5 Å². The van der Waals surface area contributed by atoms with E-state index in [1.165, 1.54) is 0 Å². The third-order valence-electron chi connectivity index (χ3n) is 4.15. The first kappa shape index (κ1) is 16.8. The first-order valence-corrected chi connectivity index (χ1v) is 8.13. The maximum atomic E-state index is 12.7. The largest absolute Gasteiger partial charge is 0.497 e. The molecular weight excluding hydrogens is 314 g/mol. The molecule has 3 rings (SSSR count). The topological polar surface area (TPSA) is 67.0 Å². The average Bonchev–Trinajstić information content (AvgIpc) is 3.11. The zero-order chi connectivity index (χ0) is 17.8. The molecule has 3 aromatic rings.